The van der Waals surface area contributed by atoms with Crippen molar-refractivity contribution in [2.45, 2.75) is 71.6 Å². The lowest BCUT2D eigenvalue weighted by atomic mass is 9.78. The molecule has 0 N–H and O–H groups in total. The van der Waals surface area contributed by atoms with Crippen molar-refractivity contribution in [1.29, 1.82) is 0 Å². The van der Waals surface area contributed by atoms with Crippen molar-refractivity contribution >= 4 is 33.2 Å². The monoisotopic (exact) mass is 710 g/mol. The van der Waals surface area contributed by atoms with Gasteiger partial charge >= 0.3 is 0 Å². The van der Waals surface area contributed by atoms with Gasteiger partial charge in [0, 0.05) is 58.3 Å². The topological polar surface area (TPSA) is 33.5 Å². The quantitative estimate of drug-likeness (QED) is 0.165. The number of anilines is 2. The number of benzene rings is 5. The van der Waals surface area contributed by atoms with Crippen LogP contribution in [0.1, 0.15) is 77.6 Å². The number of hydrogen-bond donors (Lipinski definition) is 0. The molecule has 0 saturated carbocycles. The van der Waals surface area contributed by atoms with Crippen LogP contribution in [0.3, 0.4) is 0 Å². The summed E-state index contributed by atoms with van der Waals surface area (Å²) in [5, 5.41) is 2.35. The van der Waals surface area contributed by atoms with Gasteiger partial charge in [-0.1, -0.05) is 116 Å². The normalized spacial score (nSPS) is 13.7. The molecule has 0 fully saturated rings. The van der Waals surface area contributed by atoms with Crippen LogP contribution in [0.4, 0.5) is 11.4 Å². The van der Waals surface area contributed by atoms with Crippen molar-refractivity contribution < 1.29 is 4.74 Å². The van der Waals surface area contributed by atoms with Crippen LogP contribution in [-0.4, -0.2) is 16.2 Å². The van der Waals surface area contributed by atoms with Crippen molar-refractivity contribution in [3.63, 3.8) is 0 Å². The molecular weight excluding hydrogens is 661 g/mol. The Hall–Kier alpha value is -5.81. The minimum Gasteiger partial charge on any atom is -0.457 e. The summed E-state index contributed by atoms with van der Waals surface area (Å²) in [4.78, 5) is 9.47. The number of pyridine rings is 1. The number of nitrogens with zero attached hydrogens (tertiary/aromatic N) is 4. The van der Waals surface area contributed by atoms with E-state index >= 15 is 0 Å². The predicted octanol–water partition coefficient (Wildman–Crippen LogP) is 12.6. The van der Waals surface area contributed by atoms with Crippen molar-refractivity contribution in [2.24, 2.45) is 0 Å². The fourth-order valence-electron chi connectivity index (χ4n) is 7.50. The average Bonchev–Trinajstić information content (AvgIpc) is 3.78. The van der Waals surface area contributed by atoms with Gasteiger partial charge in [-0.15, -0.1) is 0 Å². The molecule has 0 unspecified atom stereocenters. The third-order valence-electron chi connectivity index (χ3n) is 11.0. The molecule has 5 aromatic carbocycles. The van der Waals surface area contributed by atoms with E-state index in [0.29, 0.717) is 6.67 Å². The van der Waals surface area contributed by atoms with E-state index in [1.165, 1.54) is 38.7 Å². The third-order valence-corrected chi connectivity index (χ3v) is 11.0. The summed E-state index contributed by atoms with van der Waals surface area (Å²) in [6, 6.07) is 45.7. The molecule has 0 radical (unpaired) electrons. The molecule has 0 aliphatic carbocycles. The van der Waals surface area contributed by atoms with E-state index in [0.717, 1.165) is 34.0 Å². The van der Waals surface area contributed by atoms with Gasteiger partial charge in [-0.05, 0) is 87.7 Å². The Morgan fingerprint density at radius 1 is 0.500 bits per heavy atom. The van der Waals surface area contributed by atoms with Gasteiger partial charge in [0.05, 0.1) is 17.7 Å². The highest BCUT2D eigenvalue weighted by Crippen LogP contribution is 2.40. The summed E-state index contributed by atoms with van der Waals surface area (Å²) in [6.45, 7) is 18.8. The first-order valence-electron chi connectivity index (χ1n) is 19.0. The van der Waals surface area contributed by atoms with Crippen LogP contribution in [0.2, 0.25) is 0 Å². The predicted molar refractivity (Wildman–Crippen MR) is 226 cm³/mol. The third kappa shape index (κ3) is 6.64. The SMILES string of the molecule is CC(C)(C)c1ccc(N2C=CN(c3cc(Oc4ccc5c6ccccc6n(-c6cc(C(C)(C)C)ccn6)c5c4)cc(C(C)(C)c4ccccc4)c3)C2)cc1. The Bertz CT molecular complexity index is 2500. The Balaban J connectivity index is 1.19. The van der Waals surface area contributed by atoms with Gasteiger partial charge in [-0.25, -0.2) is 4.98 Å². The number of ether oxygens (including phenoxy) is 1. The van der Waals surface area contributed by atoms with E-state index in [-0.39, 0.29) is 16.2 Å². The molecule has 54 heavy (non-hydrogen) atoms. The molecule has 5 heteroatoms. The second-order valence-electron chi connectivity index (χ2n) is 17.2. The summed E-state index contributed by atoms with van der Waals surface area (Å²) < 4.78 is 9.15. The molecule has 1 aliphatic rings. The van der Waals surface area contributed by atoms with Gasteiger partial charge in [-0.3, -0.25) is 4.57 Å². The van der Waals surface area contributed by atoms with Crippen LogP contribution < -0.4 is 14.5 Å². The molecule has 8 rings (SSSR count). The molecule has 2 aromatic heterocycles. The Kier molecular flexibility index (Phi) is 8.64. The number of rotatable bonds is 7. The Morgan fingerprint density at radius 3 is 1.89 bits per heavy atom. The molecule has 0 amide bonds. The van der Waals surface area contributed by atoms with E-state index in [2.05, 4.69) is 210 Å². The molecule has 0 saturated heterocycles. The van der Waals surface area contributed by atoms with Crippen LogP contribution in [-0.2, 0) is 16.2 Å². The molecule has 3 heterocycles. The van der Waals surface area contributed by atoms with E-state index in [1.54, 1.807) is 0 Å². The number of para-hydroxylation sites is 1. The van der Waals surface area contributed by atoms with Gasteiger partial charge < -0.3 is 14.5 Å². The highest BCUT2D eigenvalue weighted by molar-refractivity contribution is 6.09. The molecule has 1 aliphatic heterocycles. The van der Waals surface area contributed by atoms with Crippen molar-refractivity contribution in [2.75, 3.05) is 16.5 Å². The minimum absolute atomic E-state index is 0.000579. The highest BCUT2D eigenvalue weighted by Gasteiger charge is 2.27. The average molecular weight is 711 g/mol. The van der Waals surface area contributed by atoms with Gasteiger partial charge in [0.15, 0.2) is 0 Å². The van der Waals surface area contributed by atoms with Crippen LogP contribution in [0.25, 0.3) is 27.6 Å². The second-order valence-corrected chi connectivity index (χ2v) is 17.2. The molecule has 272 valence electrons. The van der Waals surface area contributed by atoms with Gasteiger partial charge in [0.1, 0.15) is 17.3 Å². The number of fused-ring (bicyclic) bond motifs is 3. The maximum absolute atomic E-state index is 6.88. The fourth-order valence-corrected chi connectivity index (χ4v) is 7.50. The van der Waals surface area contributed by atoms with Crippen molar-refractivity contribution in [1.82, 2.24) is 9.55 Å². The largest absolute Gasteiger partial charge is 0.457 e. The maximum atomic E-state index is 6.88. The van der Waals surface area contributed by atoms with Gasteiger partial charge in [-0.2, -0.15) is 0 Å². The summed E-state index contributed by atoms with van der Waals surface area (Å²) in [7, 11) is 0. The number of aromatic nitrogens is 2. The first-order valence-corrected chi connectivity index (χ1v) is 19.0. The zero-order valence-corrected chi connectivity index (χ0v) is 32.8. The summed E-state index contributed by atoms with van der Waals surface area (Å²) in [6.07, 6.45) is 6.25. The van der Waals surface area contributed by atoms with Crippen LogP contribution in [0.5, 0.6) is 11.5 Å². The van der Waals surface area contributed by atoms with Crippen molar-refractivity contribution in [3.05, 3.63) is 168 Å². The highest BCUT2D eigenvalue weighted by atomic mass is 16.5. The van der Waals surface area contributed by atoms with Gasteiger partial charge in [0.2, 0.25) is 0 Å². The summed E-state index contributed by atoms with van der Waals surface area (Å²) in [5.74, 6) is 2.47. The standard InChI is InChI=1S/C49H50N4O/c1-47(2,3)34-18-20-38(21-19-34)51-26-27-52(33-51)39-28-37(49(7,8)35-14-10-9-11-15-35)29-41(31-39)54-40-22-23-43-42-16-12-13-17-44(42)53(45(43)32-40)46-30-36(24-25-50-46)48(4,5)6/h9-32H,33H2,1-8H3. The molecule has 5 nitrogen and oxygen atoms in total. The Morgan fingerprint density at radius 2 is 1.17 bits per heavy atom. The minimum atomic E-state index is -0.262. The van der Waals surface area contributed by atoms with E-state index < -0.39 is 0 Å². The molecular formula is C49H50N4O. The van der Waals surface area contributed by atoms with E-state index in [9.17, 15) is 0 Å². The van der Waals surface area contributed by atoms with E-state index in [1.807, 2.05) is 6.20 Å². The summed E-state index contributed by atoms with van der Waals surface area (Å²) in [5.41, 5.74) is 9.29. The van der Waals surface area contributed by atoms with Gasteiger partial charge in [0.25, 0.3) is 0 Å². The van der Waals surface area contributed by atoms with Crippen LogP contribution in [0.15, 0.2) is 146 Å². The van der Waals surface area contributed by atoms with Crippen LogP contribution >= 0.6 is 0 Å². The first kappa shape index (κ1) is 35.2. The van der Waals surface area contributed by atoms with E-state index in [4.69, 9.17) is 9.72 Å². The molecule has 7 aromatic rings. The summed E-state index contributed by atoms with van der Waals surface area (Å²) >= 11 is 0. The number of hydrogen-bond acceptors (Lipinski definition) is 4. The lowest BCUT2D eigenvalue weighted by Crippen LogP contribution is -2.25. The Labute approximate surface area is 320 Å². The lowest BCUT2D eigenvalue weighted by molar-refractivity contribution is 0.480. The molecule has 0 spiro atoms. The lowest BCUT2D eigenvalue weighted by Gasteiger charge is -2.29. The fraction of sp³-hybridized carbons (Fsp3) is 0.245. The molecule has 0 atom stereocenters. The maximum Gasteiger partial charge on any atom is 0.137 e. The zero-order chi connectivity index (χ0) is 37.8. The zero-order valence-electron chi connectivity index (χ0n) is 32.8. The van der Waals surface area contributed by atoms with Crippen molar-refractivity contribution in [3.8, 4) is 17.3 Å². The second kappa shape index (κ2) is 13.2. The molecule has 0 bridgehead atoms. The van der Waals surface area contributed by atoms with Crippen LogP contribution in [0, 0.1) is 0 Å². The smallest absolute Gasteiger partial charge is 0.137 e. The first-order chi connectivity index (χ1) is 25.8.